The van der Waals surface area contributed by atoms with Gasteiger partial charge in [-0.1, -0.05) is 37.0 Å². The summed E-state index contributed by atoms with van der Waals surface area (Å²) in [6.45, 7) is 6.20. The number of benzene rings is 1. The van der Waals surface area contributed by atoms with Gasteiger partial charge in [-0.05, 0) is 45.2 Å². The molecule has 0 bridgehead atoms. The number of aryl methyl sites for hydroxylation is 2. The molecule has 0 radical (unpaired) electrons. The SMILES string of the molecule is Cc1ccc(C)c(SC(C)C(=O)NC2CCCCC2)c1. The average molecular weight is 291 g/mol. The van der Waals surface area contributed by atoms with E-state index in [-0.39, 0.29) is 11.2 Å². The predicted octanol–water partition coefficient (Wildman–Crippen LogP) is 4.23. The zero-order valence-corrected chi connectivity index (χ0v) is 13.6. The molecule has 3 heteroatoms. The second-order valence-corrected chi connectivity index (χ2v) is 7.26. The van der Waals surface area contributed by atoms with E-state index >= 15 is 0 Å². The maximum atomic E-state index is 12.3. The van der Waals surface area contributed by atoms with Crippen LogP contribution in [0.1, 0.15) is 50.2 Å². The lowest BCUT2D eigenvalue weighted by Gasteiger charge is -2.24. The molecule has 1 atom stereocenters. The summed E-state index contributed by atoms with van der Waals surface area (Å²) in [4.78, 5) is 13.5. The van der Waals surface area contributed by atoms with Crippen LogP contribution in [0.2, 0.25) is 0 Å². The van der Waals surface area contributed by atoms with E-state index in [1.165, 1.54) is 35.3 Å². The highest BCUT2D eigenvalue weighted by Crippen LogP contribution is 2.28. The molecule has 20 heavy (non-hydrogen) atoms. The van der Waals surface area contributed by atoms with Crippen molar-refractivity contribution in [2.45, 2.75) is 69.1 Å². The van der Waals surface area contributed by atoms with Crippen LogP contribution in [-0.4, -0.2) is 17.2 Å². The van der Waals surface area contributed by atoms with E-state index in [2.05, 4.69) is 37.4 Å². The van der Waals surface area contributed by atoms with Crippen LogP contribution in [-0.2, 0) is 4.79 Å². The third-order valence-corrected chi connectivity index (χ3v) is 5.23. The van der Waals surface area contributed by atoms with Crippen molar-refractivity contribution in [1.82, 2.24) is 5.32 Å². The average Bonchev–Trinajstić information content (AvgIpc) is 2.44. The van der Waals surface area contributed by atoms with E-state index in [0.29, 0.717) is 6.04 Å². The van der Waals surface area contributed by atoms with Crippen LogP contribution in [0.4, 0.5) is 0 Å². The maximum Gasteiger partial charge on any atom is 0.233 e. The van der Waals surface area contributed by atoms with E-state index in [1.807, 2.05) is 6.92 Å². The number of carbonyl (C=O) groups is 1. The summed E-state index contributed by atoms with van der Waals surface area (Å²) in [5.74, 6) is 0.183. The Kier molecular flexibility index (Phi) is 5.53. The first-order valence-corrected chi connectivity index (χ1v) is 8.48. The number of thioether (sulfide) groups is 1. The second-order valence-electron chi connectivity index (χ2n) is 5.87. The number of rotatable bonds is 4. The lowest BCUT2D eigenvalue weighted by Crippen LogP contribution is -2.40. The summed E-state index contributed by atoms with van der Waals surface area (Å²) in [7, 11) is 0. The van der Waals surface area contributed by atoms with Crippen LogP contribution >= 0.6 is 11.8 Å². The van der Waals surface area contributed by atoms with Gasteiger partial charge in [-0.25, -0.2) is 0 Å². The molecule has 1 amide bonds. The van der Waals surface area contributed by atoms with Crippen molar-refractivity contribution in [3.05, 3.63) is 29.3 Å². The molecule has 0 aliphatic heterocycles. The minimum absolute atomic E-state index is 0.0302. The highest BCUT2D eigenvalue weighted by atomic mass is 32.2. The highest BCUT2D eigenvalue weighted by Gasteiger charge is 2.20. The summed E-state index contributed by atoms with van der Waals surface area (Å²) in [5.41, 5.74) is 2.50. The summed E-state index contributed by atoms with van der Waals surface area (Å²) in [6, 6.07) is 6.82. The van der Waals surface area contributed by atoms with Gasteiger partial charge < -0.3 is 5.32 Å². The van der Waals surface area contributed by atoms with Crippen molar-refractivity contribution in [3.8, 4) is 0 Å². The number of carbonyl (C=O) groups excluding carboxylic acids is 1. The molecular formula is C17H25NOS. The van der Waals surface area contributed by atoms with E-state index in [9.17, 15) is 4.79 Å². The minimum atomic E-state index is -0.0302. The third-order valence-electron chi connectivity index (χ3n) is 3.97. The van der Waals surface area contributed by atoms with Gasteiger partial charge in [-0.15, -0.1) is 11.8 Å². The summed E-state index contributed by atoms with van der Waals surface area (Å²) in [6.07, 6.45) is 6.12. The Morgan fingerprint density at radius 1 is 1.25 bits per heavy atom. The molecule has 1 aromatic rings. The van der Waals surface area contributed by atoms with Crippen LogP contribution in [0.15, 0.2) is 23.1 Å². The fraction of sp³-hybridized carbons (Fsp3) is 0.588. The molecule has 0 aromatic heterocycles. The lowest BCUT2D eigenvalue weighted by atomic mass is 9.95. The summed E-state index contributed by atoms with van der Waals surface area (Å²) in [5, 5.41) is 3.18. The number of nitrogens with one attached hydrogen (secondary N) is 1. The van der Waals surface area contributed by atoms with Crippen molar-refractivity contribution < 1.29 is 4.79 Å². The third kappa shape index (κ3) is 4.27. The molecule has 1 aliphatic carbocycles. The molecule has 1 saturated carbocycles. The Labute approximate surface area is 126 Å². The number of hydrogen-bond donors (Lipinski definition) is 1. The summed E-state index contributed by atoms with van der Waals surface area (Å²) >= 11 is 1.67. The predicted molar refractivity (Wildman–Crippen MR) is 86.3 cm³/mol. The Bertz CT molecular complexity index is 466. The first-order valence-electron chi connectivity index (χ1n) is 7.60. The lowest BCUT2D eigenvalue weighted by molar-refractivity contribution is -0.121. The highest BCUT2D eigenvalue weighted by molar-refractivity contribution is 8.00. The van der Waals surface area contributed by atoms with Gasteiger partial charge in [0.1, 0.15) is 0 Å². The van der Waals surface area contributed by atoms with Crippen molar-refractivity contribution in [2.24, 2.45) is 0 Å². The Morgan fingerprint density at radius 3 is 2.65 bits per heavy atom. The number of hydrogen-bond acceptors (Lipinski definition) is 2. The van der Waals surface area contributed by atoms with Crippen molar-refractivity contribution in [3.63, 3.8) is 0 Å². The van der Waals surface area contributed by atoms with Gasteiger partial charge in [0, 0.05) is 10.9 Å². The molecule has 1 fully saturated rings. The molecular weight excluding hydrogens is 266 g/mol. The minimum Gasteiger partial charge on any atom is -0.352 e. The largest absolute Gasteiger partial charge is 0.352 e. The van der Waals surface area contributed by atoms with E-state index < -0.39 is 0 Å². The molecule has 0 spiro atoms. The van der Waals surface area contributed by atoms with E-state index in [0.717, 1.165) is 12.8 Å². The first kappa shape index (κ1) is 15.4. The van der Waals surface area contributed by atoms with Gasteiger partial charge in [0.25, 0.3) is 0 Å². The topological polar surface area (TPSA) is 29.1 Å². The molecule has 2 nitrogen and oxygen atoms in total. The van der Waals surface area contributed by atoms with Gasteiger partial charge in [0.05, 0.1) is 5.25 Å². The fourth-order valence-electron chi connectivity index (χ4n) is 2.64. The monoisotopic (exact) mass is 291 g/mol. The van der Waals surface area contributed by atoms with Gasteiger partial charge in [-0.2, -0.15) is 0 Å². The molecule has 1 aromatic carbocycles. The first-order chi connectivity index (χ1) is 9.56. The zero-order chi connectivity index (χ0) is 14.5. The summed E-state index contributed by atoms with van der Waals surface area (Å²) < 4.78 is 0. The van der Waals surface area contributed by atoms with Gasteiger partial charge in [0.15, 0.2) is 0 Å². The van der Waals surface area contributed by atoms with Crippen molar-refractivity contribution in [2.75, 3.05) is 0 Å². The quantitative estimate of drug-likeness (QED) is 0.841. The van der Waals surface area contributed by atoms with E-state index in [4.69, 9.17) is 0 Å². The van der Waals surface area contributed by atoms with Crippen LogP contribution in [0.5, 0.6) is 0 Å². The van der Waals surface area contributed by atoms with Gasteiger partial charge in [0.2, 0.25) is 5.91 Å². The second kappa shape index (κ2) is 7.16. The molecule has 1 aliphatic rings. The van der Waals surface area contributed by atoms with E-state index in [1.54, 1.807) is 11.8 Å². The molecule has 1 N–H and O–H groups in total. The van der Waals surface area contributed by atoms with Crippen LogP contribution in [0.3, 0.4) is 0 Å². The molecule has 110 valence electrons. The Hall–Kier alpha value is -0.960. The molecule has 0 heterocycles. The smallest absolute Gasteiger partial charge is 0.233 e. The van der Waals surface area contributed by atoms with Gasteiger partial charge >= 0.3 is 0 Å². The van der Waals surface area contributed by atoms with Crippen LogP contribution in [0, 0.1) is 13.8 Å². The number of amides is 1. The Morgan fingerprint density at radius 2 is 1.95 bits per heavy atom. The molecule has 1 unspecified atom stereocenters. The normalized spacial score (nSPS) is 17.8. The van der Waals surface area contributed by atoms with Crippen LogP contribution in [0.25, 0.3) is 0 Å². The zero-order valence-electron chi connectivity index (χ0n) is 12.7. The Balaban J connectivity index is 1.91. The fourth-order valence-corrected chi connectivity index (χ4v) is 3.71. The molecule has 2 rings (SSSR count). The maximum absolute atomic E-state index is 12.3. The standard InChI is InChI=1S/C17H25NOS/c1-12-9-10-13(2)16(11-12)20-14(3)17(19)18-15-7-5-4-6-8-15/h9-11,14-15H,4-8H2,1-3H3,(H,18,19). The molecule has 0 saturated heterocycles. The van der Waals surface area contributed by atoms with Crippen LogP contribution < -0.4 is 5.32 Å². The van der Waals surface area contributed by atoms with Crippen molar-refractivity contribution in [1.29, 1.82) is 0 Å². The van der Waals surface area contributed by atoms with Crippen molar-refractivity contribution >= 4 is 17.7 Å². The van der Waals surface area contributed by atoms with Gasteiger partial charge in [-0.3, -0.25) is 4.79 Å².